The molecule has 8 nitrogen and oxygen atoms in total. The van der Waals surface area contributed by atoms with Gasteiger partial charge in [-0.15, -0.1) is 0 Å². The third kappa shape index (κ3) is 6.32. The number of hydrogen-bond donors (Lipinski definition) is 1. The Kier molecular flexibility index (Phi) is 9.19. The zero-order valence-electron chi connectivity index (χ0n) is 25.5. The quantitative estimate of drug-likeness (QED) is 0.308. The number of benzene rings is 3. The Labute approximate surface area is 258 Å². The van der Waals surface area contributed by atoms with Crippen molar-refractivity contribution in [3.63, 3.8) is 0 Å². The second-order valence-corrected chi connectivity index (χ2v) is 11.8. The fourth-order valence-corrected chi connectivity index (χ4v) is 6.56. The van der Waals surface area contributed by atoms with Crippen LogP contribution in [0.1, 0.15) is 53.8 Å². The first kappa shape index (κ1) is 29.8. The SMILES string of the molecule is CC[C@H](NC(=O)c1c(CN2CCN(CC(=O)N3CCCC3)CC2)n(-c2ccccc2)c(=O)c2ccccc12)c1ccccc1. The Bertz CT molecular complexity index is 1660. The van der Waals surface area contributed by atoms with Crippen LogP contribution in [0, 0.1) is 0 Å². The smallest absolute Gasteiger partial charge is 0.263 e. The van der Waals surface area contributed by atoms with Gasteiger partial charge in [-0.05, 0) is 43.0 Å². The van der Waals surface area contributed by atoms with Gasteiger partial charge in [-0.1, -0.05) is 73.7 Å². The Hall–Kier alpha value is -4.27. The molecule has 0 radical (unpaired) electrons. The van der Waals surface area contributed by atoms with Gasteiger partial charge in [-0.25, -0.2) is 0 Å². The molecular weight excluding hydrogens is 550 g/mol. The highest BCUT2D eigenvalue weighted by Gasteiger charge is 2.28. The molecule has 0 aliphatic carbocycles. The van der Waals surface area contributed by atoms with Crippen LogP contribution in [0.15, 0.2) is 89.7 Å². The Morgan fingerprint density at radius 2 is 1.34 bits per heavy atom. The molecule has 1 N–H and O–H groups in total. The van der Waals surface area contributed by atoms with Crippen molar-refractivity contribution in [3.8, 4) is 5.69 Å². The molecule has 0 unspecified atom stereocenters. The molecule has 0 saturated carbocycles. The highest BCUT2D eigenvalue weighted by molar-refractivity contribution is 6.08. The molecule has 1 atom stereocenters. The predicted octanol–water partition coefficient (Wildman–Crippen LogP) is 4.61. The Balaban J connectivity index is 1.35. The number of nitrogens with one attached hydrogen (secondary N) is 1. The molecule has 2 aliphatic rings. The summed E-state index contributed by atoms with van der Waals surface area (Å²) in [6.07, 6.45) is 2.92. The summed E-state index contributed by atoms with van der Waals surface area (Å²) in [6.45, 7) is 7.69. The van der Waals surface area contributed by atoms with Crippen LogP contribution in [0.4, 0.5) is 0 Å². The van der Waals surface area contributed by atoms with E-state index in [9.17, 15) is 14.4 Å². The number of aromatic nitrogens is 1. The first-order valence-corrected chi connectivity index (χ1v) is 15.8. The molecule has 4 aromatic rings. The number of pyridine rings is 1. The van der Waals surface area contributed by atoms with Crippen molar-refractivity contribution in [2.75, 3.05) is 45.8 Å². The van der Waals surface area contributed by atoms with Crippen molar-refractivity contribution in [3.05, 3.63) is 112 Å². The number of carbonyl (C=O) groups is 2. The van der Waals surface area contributed by atoms with Gasteiger partial charge in [0.15, 0.2) is 0 Å². The molecule has 0 bridgehead atoms. The van der Waals surface area contributed by atoms with E-state index in [1.54, 1.807) is 4.57 Å². The number of nitrogens with zero attached hydrogens (tertiary/aromatic N) is 4. The zero-order valence-corrected chi connectivity index (χ0v) is 25.5. The molecule has 228 valence electrons. The maximum atomic E-state index is 14.4. The minimum Gasteiger partial charge on any atom is -0.345 e. The third-order valence-electron chi connectivity index (χ3n) is 9.00. The van der Waals surface area contributed by atoms with Gasteiger partial charge in [0.25, 0.3) is 11.5 Å². The van der Waals surface area contributed by atoms with E-state index in [0.717, 1.165) is 69.8 Å². The first-order valence-electron chi connectivity index (χ1n) is 15.8. The van der Waals surface area contributed by atoms with E-state index in [0.29, 0.717) is 35.1 Å². The highest BCUT2D eigenvalue weighted by Crippen LogP contribution is 2.26. The first-order chi connectivity index (χ1) is 21.5. The summed E-state index contributed by atoms with van der Waals surface area (Å²) in [7, 11) is 0. The molecule has 2 amide bonds. The molecule has 0 spiro atoms. The molecular formula is C36H41N5O3. The monoisotopic (exact) mass is 591 g/mol. The normalized spacial score (nSPS) is 16.7. The molecule has 44 heavy (non-hydrogen) atoms. The number of amides is 2. The molecule has 2 fully saturated rings. The maximum absolute atomic E-state index is 14.4. The van der Waals surface area contributed by atoms with Crippen molar-refractivity contribution in [2.24, 2.45) is 0 Å². The minimum atomic E-state index is -0.188. The zero-order chi connectivity index (χ0) is 30.5. The van der Waals surface area contributed by atoms with Crippen LogP contribution in [0.25, 0.3) is 16.5 Å². The summed E-state index contributed by atoms with van der Waals surface area (Å²) in [5.74, 6) is 0.0256. The van der Waals surface area contributed by atoms with Crippen LogP contribution in [0.2, 0.25) is 0 Å². The van der Waals surface area contributed by atoms with Gasteiger partial charge in [0.2, 0.25) is 5.91 Å². The van der Waals surface area contributed by atoms with Crippen LogP contribution in [-0.2, 0) is 11.3 Å². The number of hydrogen-bond acceptors (Lipinski definition) is 5. The topological polar surface area (TPSA) is 77.9 Å². The Morgan fingerprint density at radius 1 is 0.750 bits per heavy atom. The molecule has 8 heteroatoms. The molecule has 1 aromatic heterocycles. The average Bonchev–Trinajstić information content (AvgIpc) is 3.61. The van der Waals surface area contributed by atoms with Gasteiger partial charge < -0.3 is 10.2 Å². The van der Waals surface area contributed by atoms with Crippen molar-refractivity contribution in [1.29, 1.82) is 0 Å². The number of carbonyl (C=O) groups excluding carboxylic acids is 2. The van der Waals surface area contributed by atoms with Crippen molar-refractivity contribution in [2.45, 2.75) is 38.8 Å². The number of likely N-dealkylation sites (tertiary alicyclic amines) is 1. The van der Waals surface area contributed by atoms with Gasteiger partial charge in [0.1, 0.15) is 0 Å². The summed E-state index contributed by atoms with van der Waals surface area (Å²) >= 11 is 0. The van der Waals surface area contributed by atoms with Gasteiger partial charge >= 0.3 is 0 Å². The minimum absolute atomic E-state index is 0.136. The molecule has 3 aromatic carbocycles. The van der Waals surface area contributed by atoms with E-state index in [-0.39, 0.29) is 23.4 Å². The van der Waals surface area contributed by atoms with E-state index < -0.39 is 0 Å². The molecule has 3 heterocycles. The lowest BCUT2D eigenvalue weighted by Crippen LogP contribution is -2.50. The summed E-state index contributed by atoms with van der Waals surface area (Å²) in [6, 6.07) is 26.9. The number of piperazine rings is 1. The lowest BCUT2D eigenvalue weighted by atomic mass is 9.99. The lowest BCUT2D eigenvalue weighted by Gasteiger charge is -2.35. The Morgan fingerprint density at radius 3 is 2.00 bits per heavy atom. The second kappa shape index (κ2) is 13.6. The maximum Gasteiger partial charge on any atom is 0.263 e. The summed E-state index contributed by atoms with van der Waals surface area (Å²) in [5, 5.41) is 4.48. The number of fused-ring (bicyclic) bond motifs is 1. The van der Waals surface area contributed by atoms with Crippen molar-refractivity contribution < 1.29 is 9.59 Å². The largest absolute Gasteiger partial charge is 0.345 e. The van der Waals surface area contributed by atoms with E-state index in [4.69, 9.17) is 0 Å². The summed E-state index contributed by atoms with van der Waals surface area (Å²) in [4.78, 5) is 47.8. The third-order valence-corrected chi connectivity index (χ3v) is 9.00. The number of rotatable bonds is 9. The van der Waals surface area contributed by atoms with Crippen LogP contribution in [0.3, 0.4) is 0 Å². The molecule has 2 saturated heterocycles. The predicted molar refractivity (Wildman–Crippen MR) is 174 cm³/mol. The second-order valence-electron chi connectivity index (χ2n) is 11.8. The van der Waals surface area contributed by atoms with Crippen LogP contribution < -0.4 is 10.9 Å². The van der Waals surface area contributed by atoms with Gasteiger partial charge in [-0.2, -0.15) is 0 Å². The fourth-order valence-electron chi connectivity index (χ4n) is 6.56. The average molecular weight is 592 g/mol. The van der Waals surface area contributed by atoms with E-state index in [1.807, 2.05) is 89.8 Å². The van der Waals surface area contributed by atoms with Crippen molar-refractivity contribution in [1.82, 2.24) is 24.6 Å². The lowest BCUT2D eigenvalue weighted by molar-refractivity contribution is -0.131. The highest BCUT2D eigenvalue weighted by atomic mass is 16.2. The van der Waals surface area contributed by atoms with Crippen LogP contribution in [0.5, 0.6) is 0 Å². The van der Waals surface area contributed by atoms with E-state index in [2.05, 4.69) is 22.0 Å². The summed E-state index contributed by atoms with van der Waals surface area (Å²) < 4.78 is 1.73. The standard InChI is InChI=1S/C36H41N5O3/c1-2-31(27-13-5-3-6-14-27)37-35(43)34-29-17-9-10-18-30(29)36(44)41(28-15-7-4-8-16-28)32(34)25-38-21-23-39(24-22-38)26-33(42)40-19-11-12-20-40/h3-10,13-18,31H,2,11-12,19-26H2,1H3,(H,37,43)/t31-/m0/s1. The number of para-hydroxylation sites is 1. The van der Waals surface area contributed by atoms with Crippen molar-refractivity contribution >= 4 is 22.6 Å². The van der Waals surface area contributed by atoms with Crippen LogP contribution >= 0.6 is 0 Å². The fraction of sp³-hybridized carbons (Fsp3) is 0.361. The van der Waals surface area contributed by atoms with Gasteiger partial charge in [0, 0.05) is 62.3 Å². The molecule has 6 rings (SSSR count). The van der Waals surface area contributed by atoms with Crippen LogP contribution in [-0.4, -0.2) is 76.9 Å². The van der Waals surface area contributed by atoms with Gasteiger partial charge in [-0.3, -0.25) is 28.8 Å². The van der Waals surface area contributed by atoms with E-state index >= 15 is 0 Å². The van der Waals surface area contributed by atoms with E-state index in [1.165, 1.54) is 0 Å². The van der Waals surface area contributed by atoms with Gasteiger partial charge in [0.05, 0.1) is 23.8 Å². The molecule has 2 aliphatic heterocycles. The summed E-state index contributed by atoms with van der Waals surface area (Å²) in [5.41, 5.74) is 2.86.